The summed E-state index contributed by atoms with van der Waals surface area (Å²) in [6.07, 6.45) is 1.95. The maximum Gasteiger partial charge on any atom is 0.239 e. The molecule has 2 unspecified atom stereocenters. The Morgan fingerprint density at radius 3 is 2.42 bits per heavy atom. The van der Waals surface area contributed by atoms with Crippen LogP contribution in [0, 0.1) is 17.6 Å². The first-order valence-corrected chi connectivity index (χ1v) is 10.6. The van der Waals surface area contributed by atoms with Crippen LogP contribution in [0.15, 0.2) is 54.6 Å². The van der Waals surface area contributed by atoms with E-state index in [-0.39, 0.29) is 17.7 Å². The Bertz CT molecular complexity index is 1010. The maximum atomic E-state index is 14.0. The number of para-hydroxylation sites is 1. The topological polar surface area (TPSA) is 44.2 Å². The largest absolute Gasteiger partial charge is 0.431 e. The number of rotatable bonds is 7. The molecular weight excluding hydrogens is 398 g/mol. The first-order valence-electron chi connectivity index (χ1n) is 10.6. The standard InChI is InChI=1S/C25H26F2N2O2/c1-16(2)19-12-11-18(15-30-14-17-7-4-3-5-8-17)24-20(19)13-23(28-29-24)31-25-21(26)9-6-10-22(25)27/h3-10,13,16,18-19H,11-12,14-15H2,1-2H3. The lowest BCUT2D eigenvalue weighted by molar-refractivity contribution is 0.0990. The van der Waals surface area contributed by atoms with Gasteiger partial charge in [0.1, 0.15) is 0 Å². The van der Waals surface area contributed by atoms with E-state index in [9.17, 15) is 8.78 Å². The predicted molar refractivity (Wildman–Crippen MR) is 114 cm³/mol. The Kier molecular flexibility index (Phi) is 6.56. The molecule has 0 bridgehead atoms. The second-order valence-corrected chi connectivity index (χ2v) is 8.30. The molecule has 0 N–H and O–H groups in total. The van der Waals surface area contributed by atoms with E-state index in [4.69, 9.17) is 9.47 Å². The molecule has 162 valence electrons. The average Bonchev–Trinajstić information content (AvgIpc) is 2.77. The summed E-state index contributed by atoms with van der Waals surface area (Å²) in [4.78, 5) is 0. The van der Waals surface area contributed by atoms with Crippen molar-refractivity contribution in [1.29, 1.82) is 0 Å². The van der Waals surface area contributed by atoms with Gasteiger partial charge in [0.15, 0.2) is 11.6 Å². The van der Waals surface area contributed by atoms with Crippen LogP contribution >= 0.6 is 0 Å². The van der Waals surface area contributed by atoms with E-state index < -0.39 is 17.4 Å². The van der Waals surface area contributed by atoms with Crippen molar-refractivity contribution in [2.24, 2.45) is 5.92 Å². The second kappa shape index (κ2) is 9.52. The van der Waals surface area contributed by atoms with Crippen LogP contribution in [0.2, 0.25) is 0 Å². The summed E-state index contributed by atoms with van der Waals surface area (Å²) >= 11 is 0. The van der Waals surface area contributed by atoms with Gasteiger partial charge in [0.2, 0.25) is 11.6 Å². The number of aromatic nitrogens is 2. The quantitative estimate of drug-likeness (QED) is 0.441. The molecule has 1 aliphatic rings. The Labute approximate surface area is 181 Å². The van der Waals surface area contributed by atoms with Crippen LogP contribution in [0.1, 0.15) is 55.3 Å². The van der Waals surface area contributed by atoms with Gasteiger partial charge in [-0.3, -0.25) is 0 Å². The Morgan fingerprint density at radius 1 is 0.968 bits per heavy atom. The smallest absolute Gasteiger partial charge is 0.239 e. The highest BCUT2D eigenvalue weighted by molar-refractivity contribution is 5.36. The fourth-order valence-corrected chi connectivity index (χ4v) is 4.17. The van der Waals surface area contributed by atoms with Crippen molar-refractivity contribution in [3.63, 3.8) is 0 Å². The van der Waals surface area contributed by atoms with Gasteiger partial charge in [-0.05, 0) is 47.9 Å². The summed E-state index contributed by atoms with van der Waals surface area (Å²) in [7, 11) is 0. The zero-order valence-corrected chi connectivity index (χ0v) is 17.7. The molecule has 0 fully saturated rings. The van der Waals surface area contributed by atoms with Gasteiger partial charge in [-0.1, -0.05) is 50.2 Å². The Balaban J connectivity index is 1.55. The van der Waals surface area contributed by atoms with Gasteiger partial charge in [0, 0.05) is 12.0 Å². The SMILES string of the molecule is CC(C)C1CCC(COCc2ccccc2)c2nnc(Oc3c(F)cccc3F)cc21. The zero-order chi connectivity index (χ0) is 21.8. The number of halogens is 2. The molecule has 2 aromatic carbocycles. The monoisotopic (exact) mass is 424 g/mol. The molecule has 0 radical (unpaired) electrons. The van der Waals surface area contributed by atoms with Crippen LogP contribution in [0.3, 0.4) is 0 Å². The summed E-state index contributed by atoms with van der Waals surface area (Å²) in [5.74, 6) is -1.11. The minimum absolute atomic E-state index is 0.0965. The van der Waals surface area contributed by atoms with E-state index in [0.29, 0.717) is 19.1 Å². The first-order chi connectivity index (χ1) is 15.0. The summed E-state index contributed by atoms with van der Waals surface area (Å²) in [6, 6.07) is 15.4. The third-order valence-electron chi connectivity index (χ3n) is 5.80. The normalized spacial score (nSPS) is 18.1. The van der Waals surface area contributed by atoms with E-state index >= 15 is 0 Å². The summed E-state index contributed by atoms with van der Waals surface area (Å²) in [6.45, 7) is 5.42. The fraction of sp³-hybridized carbons (Fsp3) is 0.360. The van der Waals surface area contributed by atoms with Gasteiger partial charge in [-0.25, -0.2) is 8.78 Å². The minimum Gasteiger partial charge on any atom is -0.431 e. The lowest BCUT2D eigenvalue weighted by atomic mass is 9.75. The van der Waals surface area contributed by atoms with Crippen LogP contribution in [0.4, 0.5) is 8.78 Å². The van der Waals surface area contributed by atoms with E-state index in [1.54, 1.807) is 6.07 Å². The molecule has 0 amide bonds. The molecule has 0 saturated heterocycles. The Hall–Kier alpha value is -2.86. The number of fused-ring (bicyclic) bond motifs is 1. The van der Waals surface area contributed by atoms with Crippen LogP contribution < -0.4 is 4.74 Å². The molecule has 0 spiro atoms. The van der Waals surface area contributed by atoms with E-state index in [2.05, 4.69) is 24.0 Å². The number of benzene rings is 2. The van der Waals surface area contributed by atoms with Gasteiger partial charge >= 0.3 is 0 Å². The van der Waals surface area contributed by atoms with Crippen molar-refractivity contribution in [1.82, 2.24) is 10.2 Å². The van der Waals surface area contributed by atoms with Crippen molar-refractivity contribution in [2.45, 2.75) is 45.1 Å². The highest BCUT2D eigenvalue weighted by Gasteiger charge is 2.31. The molecule has 6 heteroatoms. The molecule has 1 aliphatic carbocycles. The van der Waals surface area contributed by atoms with Crippen molar-refractivity contribution >= 4 is 0 Å². The third-order valence-corrected chi connectivity index (χ3v) is 5.80. The molecule has 4 rings (SSSR count). The lowest BCUT2D eigenvalue weighted by Crippen LogP contribution is -2.23. The molecule has 0 saturated carbocycles. The summed E-state index contributed by atoms with van der Waals surface area (Å²) < 4.78 is 39.4. The fourth-order valence-electron chi connectivity index (χ4n) is 4.17. The van der Waals surface area contributed by atoms with Crippen LogP contribution in [0.5, 0.6) is 11.6 Å². The Morgan fingerprint density at radius 2 is 1.71 bits per heavy atom. The van der Waals surface area contributed by atoms with Crippen molar-refractivity contribution in [2.75, 3.05) is 6.61 Å². The van der Waals surface area contributed by atoms with Gasteiger partial charge < -0.3 is 9.47 Å². The molecule has 1 heterocycles. The van der Waals surface area contributed by atoms with Crippen molar-refractivity contribution in [3.05, 3.63) is 83.1 Å². The van der Waals surface area contributed by atoms with Crippen LogP contribution in [0.25, 0.3) is 0 Å². The third kappa shape index (κ3) is 4.90. The van der Waals surface area contributed by atoms with E-state index in [1.165, 1.54) is 6.07 Å². The minimum atomic E-state index is -0.771. The van der Waals surface area contributed by atoms with E-state index in [1.807, 2.05) is 30.3 Å². The molecule has 3 aromatic rings. The number of nitrogens with zero attached hydrogens (tertiary/aromatic N) is 2. The number of hydrogen-bond acceptors (Lipinski definition) is 4. The molecule has 1 aromatic heterocycles. The van der Waals surface area contributed by atoms with Gasteiger partial charge in [-0.2, -0.15) is 5.10 Å². The summed E-state index contributed by atoms with van der Waals surface area (Å²) in [5, 5.41) is 8.53. The number of ether oxygens (including phenoxy) is 2. The first kappa shape index (κ1) is 21.4. The number of hydrogen-bond donors (Lipinski definition) is 0. The van der Waals surface area contributed by atoms with Crippen molar-refractivity contribution < 1.29 is 18.3 Å². The van der Waals surface area contributed by atoms with Gasteiger partial charge in [0.25, 0.3) is 0 Å². The molecule has 0 aliphatic heterocycles. The van der Waals surface area contributed by atoms with Gasteiger partial charge in [0.05, 0.1) is 18.9 Å². The maximum absolute atomic E-state index is 14.0. The molecule has 4 nitrogen and oxygen atoms in total. The van der Waals surface area contributed by atoms with Gasteiger partial charge in [-0.15, -0.1) is 5.10 Å². The average molecular weight is 424 g/mol. The van der Waals surface area contributed by atoms with E-state index in [0.717, 1.165) is 41.8 Å². The van der Waals surface area contributed by atoms with Crippen LogP contribution in [-0.2, 0) is 11.3 Å². The highest BCUT2D eigenvalue weighted by Crippen LogP contribution is 2.42. The predicted octanol–water partition coefficient (Wildman–Crippen LogP) is 6.38. The second-order valence-electron chi connectivity index (χ2n) is 8.30. The summed E-state index contributed by atoms with van der Waals surface area (Å²) in [5.41, 5.74) is 3.04. The molecule has 2 atom stereocenters. The molecular formula is C25H26F2N2O2. The molecule has 31 heavy (non-hydrogen) atoms. The van der Waals surface area contributed by atoms with Crippen molar-refractivity contribution in [3.8, 4) is 11.6 Å². The van der Waals surface area contributed by atoms with Crippen LogP contribution in [-0.4, -0.2) is 16.8 Å². The highest BCUT2D eigenvalue weighted by atomic mass is 19.1. The zero-order valence-electron chi connectivity index (χ0n) is 17.7. The lowest BCUT2D eigenvalue weighted by Gasteiger charge is -2.32.